The highest BCUT2D eigenvalue weighted by molar-refractivity contribution is 6.04. The molecule has 0 aliphatic heterocycles. The van der Waals surface area contributed by atoms with E-state index in [4.69, 9.17) is 0 Å². The Balaban J connectivity index is 2.01. The summed E-state index contributed by atoms with van der Waals surface area (Å²) in [6.07, 6.45) is 0.0567. The Morgan fingerprint density at radius 3 is 2.35 bits per heavy atom. The molecule has 2 rings (SSSR count). The molecule has 6 heteroatoms. The molecular formula is C17H15F2NO3. The van der Waals surface area contributed by atoms with Crippen molar-refractivity contribution in [3.8, 4) is 5.75 Å². The number of hydrogen-bond donors (Lipinski definition) is 1. The monoisotopic (exact) mass is 319 g/mol. The average molecular weight is 319 g/mol. The number of alkyl halides is 2. The maximum Gasteiger partial charge on any atom is 0.387 e. The maximum atomic E-state index is 12.1. The Labute approximate surface area is 132 Å². The van der Waals surface area contributed by atoms with Crippen LogP contribution in [0.15, 0.2) is 48.5 Å². The molecule has 120 valence electrons. The lowest BCUT2D eigenvalue weighted by molar-refractivity contribution is -0.115. The van der Waals surface area contributed by atoms with Crippen LogP contribution < -0.4 is 10.1 Å². The molecule has 0 saturated carbocycles. The van der Waals surface area contributed by atoms with Gasteiger partial charge in [-0.3, -0.25) is 9.59 Å². The Bertz CT molecular complexity index is 699. The fourth-order valence-corrected chi connectivity index (χ4v) is 2.07. The molecule has 4 nitrogen and oxygen atoms in total. The van der Waals surface area contributed by atoms with E-state index in [0.29, 0.717) is 16.8 Å². The van der Waals surface area contributed by atoms with Gasteiger partial charge in [0.05, 0.1) is 12.1 Å². The lowest BCUT2D eigenvalue weighted by atomic mass is 10.1. The quantitative estimate of drug-likeness (QED) is 0.827. The zero-order valence-electron chi connectivity index (χ0n) is 12.4. The molecule has 1 N–H and O–H groups in total. The van der Waals surface area contributed by atoms with Gasteiger partial charge in [-0.15, -0.1) is 0 Å². The maximum absolute atomic E-state index is 12.1. The summed E-state index contributed by atoms with van der Waals surface area (Å²) >= 11 is 0. The van der Waals surface area contributed by atoms with Crippen molar-refractivity contribution in [3.63, 3.8) is 0 Å². The van der Waals surface area contributed by atoms with E-state index in [0.717, 1.165) is 0 Å². The summed E-state index contributed by atoms with van der Waals surface area (Å²) < 4.78 is 28.4. The second kappa shape index (κ2) is 7.49. The van der Waals surface area contributed by atoms with Gasteiger partial charge in [0.25, 0.3) is 0 Å². The Hall–Kier alpha value is -2.76. The van der Waals surface area contributed by atoms with E-state index in [9.17, 15) is 18.4 Å². The summed E-state index contributed by atoms with van der Waals surface area (Å²) in [7, 11) is 0. The third kappa shape index (κ3) is 4.88. The van der Waals surface area contributed by atoms with E-state index in [2.05, 4.69) is 10.1 Å². The van der Waals surface area contributed by atoms with Gasteiger partial charge in [-0.05, 0) is 36.8 Å². The number of benzene rings is 2. The van der Waals surface area contributed by atoms with Crippen LogP contribution >= 0.6 is 0 Å². The van der Waals surface area contributed by atoms with Gasteiger partial charge in [-0.1, -0.05) is 24.3 Å². The van der Waals surface area contributed by atoms with Gasteiger partial charge in [0.1, 0.15) is 5.75 Å². The first kappa shape index (κ1) is 16.6. The molecule has 0 radical (unpaired) electrons. The first-order valence-electron chi connectivity index (χ1n) is 6.89. The number of nitrogens with one attached hydrogen (secondary N) is 1. The van der Waals surface area contributed by atoms with Crippen molar-refractivity contribution in [2.75, 3.05) is 5.32 Å². The van der Waals surface area contributed by atoms with E-state index in [-0.39, 0.29) is 23.9 Å². The van der Waals surface area contributed by atoms with E-state index in [1.807, 2.05) is 0 Å². The van der Waals surface area contributed by atoms with Crippen LogP contribution in [0.1, 0.15) is 22.8 Å². The molecule has 1 amide bonds. The highest BCUT2D eigenvalue weighted by Crippen LogP contribution is 2.18. The van der Waals surface area contributed by atoms with Gasteiger partial charge in [0, 0.05) is 5.56 Å². The van der Waals surface area contributed by atoms with Crippen LogP contribution in [0.4, 0.5) is 14.5 Å². The zero-order valence-corrected chi connectivity index (χ0v) is 12.4. The normalized spacial score (nSPS) is 10.4. The van der Waals surface area contributed by atoms with Crippen molar-refractivity contribution in [2.24, 2.45) is 0 Å². The molecule has 0 fully saturated rings. The number of rotatable bonds is 6. The van der Waals surface area contributed by atoms with E-state index in [1.54, 1.807) is 24.3 Å². The smallest absolute Gasteiger partial charge is 0.387 e. The predicted octanol–water partition coefficient (Wildman–Crippen LogP) is 3.67. The Kier molecular flexibility index (Phi) is 5.41. The van der Waals surface area contributed by atoms with Crippen molar-refractivity contribution in [2.45, 2.75) is 20.0 Å². The number of ether oxygens (including phenoxy) is 1. The zero-order chi connectivity index (χ0) is 16.8. The van der Waals surface area contributed by atoms with E-state index >= 15 is 0 Å². The summed E-state index contributed by atoms with van der Waals surface area (Å²) in [5, 5.41) is 2.68. The van der Waals surface area contributed by atoms with Crippen LogP contribution in [-0.2, 0) is 11.2 Å². The van der Waals surface area contributed by atoms with Gasteiger partial charge in [-0.25, -0.2) is 0 Å². The predicted molar refractivity (Wildman–Crippen MR) is 81.9 cm³/mol. The lowest BCUT2D eigenvalue weighted by Gasteiger charge is -2.09. The van der Waals surface area contributed by atoms with E-state index in [1.165, 1.54) is 31.2 Å². The summed E-state index contributed by atoms with van der Waals surface area (Å²) in [5.74, 6) is -0.415. The van der Waals surface area contributed by atoms with Crippen LogP contribution in [0.2, 0.25) is 0 Å². The number of ketones is 1. The fourth-order valence-electron chi connectivity index (χ4n) is 2.07. The molecule has 2 aromatic rings. The molecule has 0 spiro atoms. The van der Waals surface area contributed by atoms with Gasteiger partial charge in [0.15, 0.2) is 5.78 Å². The number of hydrogen-bond acceptors (Lipinski definition) is 3. The molecule has 0 aliphatic rings. The Morgan fingerprint density at radius 1 is 1.09 bits per heavy atom. The first-order valence-corrected chi connectivity index (χ1v) is 6.89. The minimum atomic E-state index is -2.88. The van der Waals surface area contributed by atoms with Gasteiger partial charge in [-0.2, -0.15) is 8.78 Å². The number of carbonyl (C=O) groups is 2. The van der Waals surface area contributed by atoms with Gasteiger partial charge < -0.3 is 10.1 Å². The lowest BCUT2D eigenvalue weighted by Crippen LogP contribution is -2.16. The summed E-state index contributed by atoms with van der Waals surface area (Å²) in [4.78, 5) is 23.6. The third-order valence-electron chi connectivity index (χ3n) is 3.09. The number of amides is 1. The number of anilines is 1. The van der Waals surface area contributed by atoms with Crippen LogP contribution in [0, 0.1) is 0 Å². The highest BCUT2D eigenvalue weighted by atomic mass is 19.3. The molecule has 0 atom stereocenters. The van der Waals surface area contributed by atoms with Crippen LogP contribution in [0.25, 0.3) is 0 Å². The molecule has 2 aromatic carbocycles. The van der Waals surface area contributed by atoms with Crippen molar-refractivity contribution in [1.82, 2.24) is 0 Å². The summed E-state index contributed by atoms with van der Waals surface area (Å²) in [5.41, 5.74) is 1.52. The van der Waals surface area contributed by atoms with E-state index < -0.39 is 6.61 Å². The molecular weight excluding hydrogens is 304 g/mol. The number of Topliss-reactive ketones (excluding diaryl/α,β-unsaturated/α-hetero) is 1. The topological polar surface area (TPSA) is 55.4 Å². The minimum Gasteiger partial charge on any atom is -0.435 e. The third-order valence-corrected chi connectivity index (χ3v) is 3.09. The van der Waals surface area contributed by atoms with Crippen molar-refractivity contribution >= 4 is 17.4 Å². The first-order chi connectivity index (χ1) is 11.0. The molecule has 0 bridgehead atoms. The van der Waals surface area contributed by atoms with Gasteiger partial charge in [0.2, 0.25) is 5.91 Å². The second-order valence-electron chi connectivity index (χ2n) is 4.85. The van der Waals surface area contributed by atoms with Gasteiger partial charge >= 0.3 is 6.61 Å². The van der Waals surface area contributed by atoms with Crippen molar-refractivity contribution in [1.29, 1.82) is 0 Å². The molecule has 0 aliphatic carbocycles. The molecule has 0 aromatic heterocycles. The highest BCUT2D eigenvalue weighted by Gasteiger charge is 2.10. The fraction of sp³-hybridized carbons (Fsp3) is 0.176. The standard InChI is InChI=1S/C17H15F2NO3/c1-11(21)14-4-2-3-5-15(14)20-16(22)10-12-6-8-13(9-7-12)23-17(18)19/h2-9,17H,10H2,1H3,(H,20,22). The SMILES string of the molecule is CC(=O)c1ccccc1NC(=O)Cc1ccc(OC(F)F)cc1. The summed E-state index contributed by atoms with van der Waals surface area (Å²) in [6, 6.07) is 12.5. The molecule has 23 heavy (non-hydrogen) atoms. The second-order valence-corrected chi connectivity index (χ2v) is 4.85. The largest absolute Gasteiger partial charge is 0.435 e. The van der Waals surface area contributed by atoms with Crippen LogP contribution in [-0.4, -0.2) is 18.3 Å². The number of carbonyl (C=O) groups excluding carboxylic acids is 2. The summed E-state index contributed by atoms with van der Waals surface area (Å²) in [6.45, 7) is -1.46. The van der Waals surface area contributed by atoms with Crippen LogP contribution in [0.5, 0.6) is 5.75 Å². The molecule has 0 unspecified atom stereocenters. The minimum absolute atomic E-state index is 0.0334. The number of halogens is 2. The van der Waals surface area contributed by atoms with Crippen molar-refractivity contribution in [3.05, 3.63) is 59.7 Å². The van der Waals surface area contributed by atoms with Crippen molar-refractivity contribution < 1.29 is 23.1 Å². The number of para-hydroxylation sites is 1. The van der Waals surface area contributed by atoms with Crippen LogP contribution in [0.3, 0.4) is 0 Å². The molecule has 0 heterocycles. The average Bonchev–Trinajstić information content (AvgIpc) is 2.49. The Morgan fingerprint density at radius 2 is 1.74 bits per heavy atom. The molecule has 0 saturated heterocycles.